The van der Waals surface area contributed by atoms with E-state index in [9.17, 15) is 9.90 Å². The van der Waals surface area contributed by atoms with E-state index < -0.39 is 5.60 Å². The van der Waals surface area contributed by atoms with E-state index in [4.69, 9.17) is 0 Å². The maximum atomic E-state index is 12.4. The molecule has 0 bridgehead atoms. The van der Waals surface area contributed by atoms with Crippen LogP contribution in [0.2, 0.25) is 0 Å². The number of rotatable bonds is 3. The van der Waals surface area contributed by atoms with Crippen molar-refractivity contribution in [3.8, 4) is 0 Å². The fourth-order valence-electron chi connectivity index (χ4n) is 3.07. The Balaban J connectivity index is 1.99. The molecule has 1 amide bonds. The van der Waals surface area contributed by atoms with E-state index in [1.807, 2.05) is 32.0 Å². The molecule has 2 N–H and O–H groups in total. The van der Waals surface area contributed by atoms with Crippen LogP contribution in [0.1, 0.15) is 61.0 Å². The van der Waals surface area contributed by atoms with Gasteiger partial charge < -0.3 is 10.4 Å². The van der Waals surface area contributed by atoms with Gasteiger partial charge in [0.05, 0.1) is 5.60 Å². The van der Waals surface area contributed by atoms with Gasteiger partial charge in [0.15, 0.2) is 0 Å². The molecule has 0 saturated heterocycles. The molecule has 0 heterocycles. The molecule has 0 aliphatic heterocycles. The largest absolute Gasteiger partial charge is 0.388 e. The van der Waals surface area contributed by atoms with E-state index in [-0.39, 0.29) is 5.91 Å². The van der Waals surface area contributed by atoms with Crippen LogP contribution < -0.4 is 5.32 Å². The van der Waals surface area contributed by atoms with Crippen LogP contribution in [0.5, 0.6) is 0 Å². The molecule has 1 fully saturated rings. The smallest absolute Gasteiger partial charge is 0.251 e. The summed E-state index contributed by atoms with van der Waals surface area (Å²) in [7, 11) is 0. The Morgan fingerprint density at radius 1 is 1.14 bits per heavy atom. The lowest BCUT2D eigenvalue weighted by atomic mass is 9.71. The summed E-state index contributed by atoms with van der Waals surface area (Å²) in [4.78, 5) is 12.4. The number of hydrogen-bond donors (Lipinski definition) is 2. The van der Waals surface area contributed by atoms with Crippen molar-refractivity contribution in [3.05, 3.63) is 34.9 Å². The molecule has 116 valence electrons. The molecule has 21 heavy (non-hydrogen) atoms. The summed E-state index contributed by atoms with van der Waals surface area (Å²) >= 11 is 0. The van der Waals surface area contributed by atoms with E-state index in [1.54, 1.807) is 0 Å². The van der Waals surface area contributed by atoms with Crippen molar-refractivity contribution in [1.82, 2.24) is 5.32 Å². The Labute approximate surface area is 127 Å². The Morgan fingerprint density at radius 2 is 1.67 bits per heavy atom. The van der Waals surface area contributed by atoms with Crippen LogP contribution in [0.15, 0.2) is 18.2 Å². The summed E-state index contributed by atoms with van der Waals surface area (Å²) in [5, 5.41) is 13.6. The molecular weight excluding hydrogens is 262 g/mol. The van der Waals surface area contributed by atoms with Gasteiger partial charge in [0.1, 0.15) is 0 Å². The first kappa shape index (κ1) is 16.0. The standard InChI is InChI=1S/C18H27NO2/c1-13-6-5-7-14(2)15(13)16(20)19-12-18(21)10-8-17(3,4)9-11-18/h5-7,21H,8-12H2,1-4H3,(H,19,20). The summed E-state index contributed by atoms with van der Waals surface area (Å²) in [5.74, 6) is -0.0798. The van der Waals surface area contributed by atoms with Gasteiger partial charge in [-0.15, -0.1) is 0 Å². The molecule has 2 rings (SSSR count). The van der Waals surface area contributed by atoms with Crippen LogP contribution in [-0.2, 0) is 0 Å². The lowest BCUT2D eigenvalue weighted by Crippen LogP contribution is -2.46. The van der Waals surface area contributed by atoms with E-state index in [2.05, 4.69) is 19.2 Å². The average molecular weight is 289 g/mol. The van der Waals surface area contributed by atoms with E-state index in [0.717, 1.165) is 42.4 Å². The first-order valence-electron chi connectivity index (χ1n) is 7.79. The van der Waals surface area contributed by atoms with Crippen molar-refractivity contribution in [1.29, 1.82) is 0 Å². The summed E-state index contributed by atoms with van der Waals surface area (Å²) in [6, 6.07) is 5.84. The Hall–Kier alpha value is -1.35. The fraction of sp³-hybridized carbons (Fsp3) is 0.611. The van der Waals surface area contributed by atoms with Gasteiger partial charge in [0.25, 0.3) is 5.91 Å². The number of benzene rings is 1. The minimum atomic E-state index is -0.748. The van der Waals surface area contributed by atoms with Crippen molar-refractivity contribution < 1.29 is 9.90 Å². The molecule has 3 heteroatoms. The molecule has 1 aromatic carbocycles. The SMILES string of the molecule is Cc1cccc(C)c1C(=O)NCC1(O)CCC(C)(C)CC1. The molecule has 0 atom stereocenters. The van der Waals surface area contributed by atoms with Crippen molar-refractivity contribution in [2.75, 3.05) is 6.54 Å². The number of hydrogen-bond acceptors (Lipinski definition) is 2. The van der Waals surface area contributed by atoms with Crippen LogP contribution in [0.3, 0.4) is 0 Å². The van der Waals surface area contributed by atoms with Gasteiger partial charge in [0.2, 0.25) is 0 Å². The second-order valence-corrected chi connectivity index (χ2v) is 7.34. The lowest BCUT2D eigenvalue weighted by Gasteiger charge is -2.40. The monoisotopic (exact) mass is 289 g/mol. The molecule has 0 spiro atoms. The van der Waals surface area contributed by atoms with Crippen LogP contribution in [0.25, 0.3) is 0 Å². The molecule has 3 nitrogen and oxygen atoms in total. The van der Waals surface area contributed by atoms with Crippen molar-refractivity contribution in [3.63, 3.8) is 0 Å². The second kappa shape index (κ2) is 5.80. The zero-order chi connectivity index (χ0) is 15.7. The van der Waals surface area contributed by atoms with Gasteiger partial charge in [-0.25, -0.2) is 0 Å². The average Bonchev–Trinajstić information content (AvgIpc) is 2.41. The van der Waals surface area contributed by atoms with E-state index in [1.165, 1.54) is 0 Å². The third kappa shape index (κ3) is 3.85. The molecule has 0 radical (unpaired) electrons. The topological polar surface area (TPSA) is 49.3 Å². The van der Waals surface area contributed by atoms with Gasteiger partial charge in [0, 0.05) is 12.1 Å². The first-order chi connectivity index (χ1) is 9.72. The third-order valence-electron chi connectivity index (χ3n) is 4.82. The van der Waals surface area contributed by atoms with Gasteiger partial charge in [-0.3, -0.25) is 4.79 Å². The van der Waals surface area contributed by atoms with Crippen molar-refractivity contribution in [2.45, 2.75) is 59.0 Å². The van der Waals surface area contributed by atoms with Gasteiger partial charge in [-0.2, -0.15) is 0 Å². The Kier molecular flexibility index (Phi) is 4.43. The van der Waals surface area contributed by atoms with Crippen LogP contribution in [0, 0.1) is 19.3 Å². The van der Waals surface area contributed by atoms with Gasteiger partial charge in [-0.1, -0.05) is 32.0 Å². The molecular formula is C18H27NO2. The number of amides is 1. The zero-order valence-corrected chi connectivity index (χ0v) is 13.6. The third-order valence-corrected chi connectivity index (χ3v) is 4.82. The zero-order valence-electron chi connectivity index (χ0n) is 13.6. The number of aliphatic hydroxyl groups is 1. The number of nitrogens with one attached hydrogen (secondary N) is 1. The minimum Gasteiger partial charge on any atom is -0.388 e. The maximum absolute atomic E-state index is 12.4. The molecule has 1 aromatic rings. The summed E-state index contributed by atoms with van der Waals surface area (Å²) < 4.78 is 0. The second-order valence-electron chi connectivity index (χ2n) is 7.34. The maximum Gasteiger partial charge on any atom is 0.251 e. The molecule has 0 unspecified atom stereocenters. The van der Waals surface area contributed by atoms with Crippen molar-refractivity contribution in [2.24, 2.45) is 5.41 Å². The van der Waals surface area contributed by atoms with Gasteiger partial charge in [-0.05, 0) is 56.1 Å². The lowest BCUT2D eigenvalue weighted by molar-refractivity contribution is -0.0233. The predicted octanol–water partition coefficient (Wildman–Crippen LogP) is 3.36. The molecule has 0 aromatic heterocycles. The first-order valence-corrected chi connectivity index (χ1v) is 7.79. The Morgan fingerprint density at radius 3 is 2.19 bits per heavy atom. The number of carbonyl (C=O) groups is 1. The minimum absolute atomic E-state index is 0.0798. The fourth-order valence-corrected chi connectivity index (χ4v) is 3.07. The quantitative estimate of drug-likeness (QED) is 0.896. The van der Waals surface area contributed by atoms with Crippen LogP contribution in [0.4, 0.5) is 0 Å². The van der Waals surface area contributed by atoms with Gasteiger partial charge >= 0.3 is 0 Å². The van der Waals surface area contributed by atoms with Crippen molar-refractivity contribution >= 4 is 5.91 Å². The normalized spacial score (nSPS) is 20.0. The summed E-state index contributed by atoms with van der Waals surface area (Å²) in [6.45, 7) is 8.71. The molecule has 1 saturated carbocycles. The van der Waals surface area contributed by atoms with E-state index in [0.29, 0.717) is 12.0 Å². The number of carbonyl (C=O) groups excluding carboxylic acids is 1. The number of aryl methyl sites for hydroxylation is 2. The highest BCUT2D eigenvalue weighted by Gasteiger charge is 2.36. The molecule has 1 aliphatic carbocycles. The van der Waals surface area contributed by atoms with Crippen LogP contribution in [-0.4, -0.2) is 23.2 Å². The molecule has 1 aliphatic rings. The highest BCUT2D eigenvalue weighted by molar-refractivity contribution is 5.97. The predicted molar refractivity (Wildman–Crippen MR) is 85.4 cm³/mol. The summed E-state index contributed by atoms with van der Waals surface area (Å²) in [5.41, 5.74) is 2.25. The highest BCUT2D eigenvalue weighted by atomic mass is 16.3. The highest BCUT2D eigenvalue weighted by Crippen LogP contribution is 2.39. The summed E-state index contributed by atoms with van der Waals surface area (Å²) in [6.07, 6.45) is 3.52. The van der Waals surface area contributed by atoms with E-state index >= 15 is 0 Å². The van der Waals surface area contributed by atoms with Crippen LogP contribution >= 0.6 is 0 Å². The Bertz CT molecular complexity index is 504.